The Bertz CT molecular complexity index is 427. The van der Waals surface area contributed by atoms with Gasteiger partial charge in [0.1, 0.15) is 12.4 Å². The van der Waals surface area contributed by atoms with Crippen molar-refractivity contribution in [1.82, 2.24) is 0 Å². The van der Waals surface area contributed by atoms with E-state index in [1.54, 1.807) is 18.2 Å². The van der Waals surface area contributed by atoms with E-state index in [1.165, 1.54) is 0 Å². The van der Waals surface area contributed by atoms with Crippen LogP contribution in [0, 0.1) is 0 Å². The highest BCUT2D eigenvalue weighted by molar-refractivity contribution is 9.10. The average Bonchev–Trinajstić information content (AvgIpc) is 2.35. The van der Waals surface area contributed by atoms with E-state index >= 15 is 0 Å². The van der Waals surface area contributed by atoms with Crippen LogP contribution in [-0.2, 0) is 4.74 Å². The van der Waals surface area contributed by atoms with Crippen molar-refractivity contribution < 1.29 is 22.6 Å². The van der Waals surface area contributed by atoms with Crippen molar-refractivity contribution in [2.45, 2.75) is 24.9 Å². The summed E-state index contributed by atoms with van der Waals surface area (Å²) in [6, 6.07) is 5.16. The molecule has 0 aliphatic heterocycles. The van der Waals surface area contributed by atoms with Crippen LogP contribution >= 0.6 is 27.5 Å². The van der Waals surface area contributed by atoms with E-state index in [2.05, 4.69) is 20.7 Å². The zero-order valence-corrected chi connectivity index (χ0v) is 13.2. The predicted molar refractivity (Wildman–Crippen MR) is 75.4 cm³/mol. The number of ether oxygens (including phenoxy) is 2. The van der Waals surface area contributed by atoms with Crippen molar-refractivity contribution in [3.05, 3.63) is 28.2 Å². The summed E-state index contributed by atoms with van der Waals surface area (Å²) in [5.74, 6) is 0.677. The lowest BCUT2D eigenvalue weighted by Gasteiger charge is -2.14. The van der Waals surface area contributed by atoms with Crippen LogP contribution in [0.5, 0.6) is 5.75 Å². The van der Waals surface area contributed by atoms with Gasteiger partial charge in [-0.3, -0.25) is 0 Å². The molecule has 0 radical (unpaired) electrons. The molecule has 0 saturated carbocycles. The summed E-state index contributed by atoms with van der Waals surface area (Å²) in [4.78, 5) is 0. The lowest BCUT2D eigenvalue weighted by molar-refractivity contribution is -0.173. The van der Waals surface area contributed by atoms with E-state index < -0.39 is 18.2 Å². The molecule has 0 bridgehead atoms. The summed E-state index contributed by atoms with van der Waals surface area (Å²) in [6.07, 6.45) is -3.45. The molecule has 0 spiro atoms. The van der Waals surface area contributed by atoms with Gasteiger partial charge >= 0.3 is 6.18 Å². The lowest BCUT2D eigenvalue weighted by Crippen LogP contribution is -2.18. The maximum atomic E-state index is 12.0. The molecule has 1 atom stereocenters. The van der Waals surface area contributed by atoms with E-state index in [4.69, 9.17) is 16.3 Å². The van der Waals surface area contributed by atoms with Crippen LogP contribution in [0.3, 0.4) is 0 Å². The molecule has 0 fully saturated rings. The predicted octanol–water partition coefficient (Wildman–Crippen LogP) is 5.10. The van der Waals surface area contributed by atoms with Crippen LogP contribution in [0.1, 0.15) is 24.3 Å². The molecule has 0 aliphatic rings. The molecule has 0 aromatic heterocycles. The Labute approximate surface area is 129 Å². The molecule has 2 nitrogen and oxygen atoms in total. The van der Waals surface area contributed by atoms with Crippen LogP contribution in [0.15, 0.2) is 22.7 Å². The number of rotatable bonds is 7. The molecule has 0 amide bonds. The second-order valence-corrected chi connectivity index (χ2v) is 5.52. The number of hydrogen-bond donors (Lipinski definition) is 0. The van der Waals surface area contributed by atoms with Gasteiger partial charge in [0.05, 0.1) is 23.1 Å². The summed E-state index contributed by atoms with van der Waals surface area (Å²) in [7, 11) is 0. The van der Waals surface area contributed by atoms with Crippen molar-refractivity contribution in [1.29, 1.82) is 0 Å². The third kappa shape index (κ3) is 6.33. The second-order valence-electron chi connectivity index (χ2n) is 4.14. The van der Waals surface area contributed by atoms with Crippen molar-refractivity contribution in [3.8, 4) is 5.75 Å². The Kier molecular flexibility index (Phi) is 7.12. The molecule has 0 saturated heterocycles. The van der Waals surface area contributed by atoms with Gasteiger partial charge in [0.15, 0.2) is 0 Å². The van der Waals surface area contributed by atoms with Gasteiger partial charge in [0, 0.05) is 0 Å². The fourth-order valence-electron chi connectivity index (χ4n) is 1.42. The van der Waals surface area contributed by atoms with E-state index in [9.17, 15) is 13.2 Å². The lowest BCUT2D eigenvalue weighted by atomic mass is 10.1. The topological polar surface area (TPSA) is 18.5 Å². The smallest absolute Gasteiger partial charge is 0.411 e. The van der Waals surface area contributed by atoms with Crippen molar-refractivity contribution in [2.24, 2.45) is 0 Å². The molecule has 0 heterocycles. The van der Waals surface area contributed by atoms with Gasteiger partial charge in [-0.1, -0.05) is 13.0 Å². The summed E-state index contributed by atoms with van der Waals surface area (Å²) >= 11 is 9.35. The Balaban J connectivity index is 2.56. The molecule has 20 heavy (non-hydrogen) atoms. The summed E-state index contributed by atoms with van der Waals surface area (Å²) in [5, 5.41) is -0.645. The molecule has 1 rings (SSSR count). The molecule has 7 heteroatoms. The van der Waals surface area contributed by atoms with Gasteiger partial charge in [-0.25, -0.2) is 0 Å². The monoisotopic (exact) mass is 374 g/mol. The molecule has 1 unspecified atom stereocenters. The first kappa shape index (κ1) is 17.6. The minimum atomic E-state index is -4.34. The highest BCUT2D eigenvalue weighted by Gasteiger charge is 2.28. The van der Waals surface area contributed by atoms with Crippen molar-refractivity contribution in [2.75, 3.05) is 19.8 Å². The quantitative estimate of drug-likeness (QED) is 0.618. The first-order valence-corrected chi connectivity index (χ1v) is 7.27. The minimum absolute atomic E-state index is 0.206. The maximum Gasteiger partial charge on any atom is 0.411 e. The van der Waals surface area contributed by atoms with Gasteiger partial charge < -0.3 is 9.47 Å². The van der Waals surface area contributed by atoms with E-state index in [-0.39, 0.29) is 6.61 Å². The van der Waals surface area contributed by atoms with Crippen LogP contribution in [0.2, 0.25) is 0 Å². The van der Waals surface area contributed by atoms with Gasteiger partial charge in [0.2, 0.25) is 0 Å². The molecule has 1 aromatic rings. The van der Waals surface area contributed by atoms with E-state index in [1.807, 2.05) is 6.92 Å². The maximum absolute atomic E-state index is 12.0. The standard InChI is InChI=1S/C13H15BrClF3O2/c1-2-5-20-12-4-3-9(6-10(12)14)11(15)7-19-8-13(16,17)18/h3-4,6,11H,2,5,7-8H2,1H3. The molecular weight excluding hydrogens is 360 g/mol. The van der Waals surface area contributed by atoms with Crippen LogP contribution in [0.4, 0.5) is 13.2 Å². The van der Waals surface area contributed by atoms with Gasteiger partial charge in [0.25, 0.3) is 0 Å². The zero-order chi connectivity index (χ0) is 15.2. The Morgan fingerprint density at radius 3 is 2.60 bits per heavy atom. The van der Waals surface area contributed by atoms with E-state index in [0.29, 0.717) is 22.4 Å². The summed E-state index contributed by atoms with van der Waals surface area (Å²) in [5.41, 5.74) is 0.671. The van der Waals surface area contributed by atoms with Crippen molar-refractivity contribution >= 4 is 27.5 Å². The normalized spacial score (nSPS) is 13.3. The Hall–Kier alpha value is -0.460. The minimum Gasteiger partial charge on any atom is -0.492 e. The van der Waals surface area contributed by atoms with Gasteiger partial charge in [-0.15, -0.1) is 11.6 Å². The number of benzene rings is 1. The van der Waals surface area contributed by atoms with E-state index in [0.717, 1.165) is 6.42 Å². The molecular formula is C13H15BrClF3O2. The van der Waals surface area contributed by atoms with Crippen LogP contribution in [0.25, 0.3) is 0 Å². The first-order chi connectivity index (χ1) is 9.33. The highest BCUT2D eigenvalue weighted by Crippen LogP contribution is 2.31. The highest BCUT2D eigenvalue weighted by atomic mass is 79.9. The zero-order valence-electron chi connectivity index (χ0n) is 10.8. The van der Waals surface area contributed by atoms with Crippen molar-refractivity contribution in [3.63, 3.8) is 0 Å². The Morgan fingerprint density at radius 1 is 1.35 bits per heavy atom. The molecule has 0 N–H and O–H groups in total. The van der Waals surface area contributed by atoms with Gasteiger partial charge in [-0.05, 0) is 40.0 Å². The fraction of sp³-hybridized carbons (Fsp3) is 0.538. The van der Waals surface area contributed by atoms with Gasteiger partial charge in [-0.2, -0.15) is 13.2 Å². The first-order valence-electron chi connectivity index (χ1n) is 6.04. The summed E-state index contributed by atoms with van der Waals surface area (Å²) < 4.78 is 46.6. The SMILES string of the molecule is CCCOc1ccc(C(Cl)COCC(F)(F)F)cc1Br. The molecule has 0 aliphatic carbocycles. The van der Waals surface area contributed by atoms with Crippen LogP contribution in [-0.4, -0.2) is 26.0 Å². The number of hydrogen-bond acceptors (Lipinski definition) is 2. The molecule has 114 valence electrons. The second kappa shape index (κ2) is 8.10. The third-order valence-corrected chi connectivity index (χ3v) is 3.31. The Morgan fingerprint density at radius 2 is 2.05 bits per heavy atom. The number of alkyl halides is 4. The summed E-state index contributed by atoms with van der Waals surface area (Å²) in [6.45, 7) is 1.09. The third-order valence-electron chi connectivity index (χ3n) is 2.31. The fourth-order valence-corrected chi connectivity index (χ4v) is 2.15. The largest absolute Gasteiger partial charge is 0.492 e. The number of halogens is 5. The average molecular weight is 376 g/mol. The molecule has 1 aromatic carbocycles. The van der Waals surface area contributed by atoms with Crippen LogP contribution < -0.4 is 4.74 Å².